The third kappa shape index (κ3) is 3.86. The van der Waals surface area contributed by atoms with Gasteiger partial charge in [-0.05, 0) is 38.1 Å². The minimum atomic E-state index is -0.177. The van der Waals surface area contributed by atoms with Gasteiger partial charge in [0, 0.05) is 11.9 Å². The number of nitrogens with one attached hydrogen (secondary N) is 2. The van der Waals surface area contributed by atoms with Crippen LogP contribution in [0.3, 0.4) is 0 Å². The van der Waals surface area contributed by atoms with Crippen molar-refractivity contribution in [1.29, 1.82) is 0 Å². The number of amides is 2. The molecule has 0 spiro atoms. The summed E-state index contributed by atoms with van der Waals surface area (Å²) in [6.07, 6.45) is 4.08. The number of urea groups is 1. The Bertz CT molecular complexity index is 564. The zero-order chi connectivity index (χ0) is 15.2. The number of aromatic nitrogens is 1. The maximum atomic E-state index is 11.9. The molecule has 7 heteroatoms. The lowest BCUT2D eigenvalue weighted by Gasteiger charge is -2.26. The first-order chi connectivity index (χ1) is 10.8. The molecule has 1 unspecified atom stereocenters. The molecule has 1 aliphatic rings. The van der Waals surface area contributed by atoms with Crippen LogP contribution in [0.25, 0.3) is 0 Å². The van der Waals surface area contributed by atoms with Gasteiger partial charge in [0.15, 0.2) is 0 Å². The molecule has 1 atom stereocenters. The standard InChI is InChI=1S/C15H20N4O2S/c20-15(16-8-12-10-22-11-18-12)17-9-13(14-4-3-7-21-14)19-5-1-2-6-19/h3-4,7,10-11,13H,1-2,5-6,8-9H2,(H2,16,17,20). The number of carbonyl (C=O) groups excluding carboxylic acids is 1. The molecule has 118 valence electrons. The first-order valence-electron chi connectivity index (χ1n) is 7.49. The lowest BCUT2D eigenvalue weighted by atomic mass is 10.2. The maximum Gasteiger partial charge on any atom is 0.315 e. The van der Waals surface area contributed by atoms with Crippen LogP contribution >= 0.6 is 11.3 Å². The van der Waals surface area contributed by atoms with Crippen LogP contribution in [-0.4, -0.2) is 35.5 Å². The average molecular weight is 320 g/mol. The molecule has 0 saturated carbocycles. The van der Waals surface area contributed by atoms with Gasteiger partial charge in [0.2, 0.25) is 0 Å². The predicted molar refractivity (Wildman–Crippen MR) is 84.6 cm³/mol. The van der Waals surface area contributed by atoms with E-state index in [1.54, 1.807) is 11.8 Å². The zero-order valence-corrected chi connectivity index (χ0v) is 13.1. The monoisotopic (exact) mass is 320 g/mol. The zero-order valence-electron chi connectivity index (χ0n) is 12.3. The number of furan rings is 1. The van der Waals surface area contributed by atoms with Gasteiger partial charge >= 0.3 is 6.03 Å². The number of hydrogen-bond donors (Lipinski definition) is 2. The molecule has 22 heavy (non-hydrogen) atoms. The second-order valence-electron chi connectivity index (χ2n) is 5.32. The summed E-state index contributed by atoms with van der Waals surface area (Å²) in [7, 11) is 0. The van der Waals surface area contributed by atoms with Crippen molar-refractivity contribution in [2.75, 3.05) is 19.6 Å². The van der Waals surface area contributed by atoms with E-state index in [1.165, 1.54) is 24.2 Å². The van der Waals surface area contributed by atoms with Crippen LogP contribution in [0.4, 0.5) is 4.79 Å². The van der Waals surface area contributed by atoms with E-state index in [2.05, 4.69) is 20.5 Å². The van der Waals surface area contributed by atoms with E-state index < -0.39 is 0 Å². The van der Waals surface area contributed by atoms with Crippen molar-refractivity contribution in [2.45, 2.75) is 25.4 Å². The Morgan fingerprint density at radius 2 is 2.27 bits per heavy atom. The average Bonchev–Trinajstić information content (AvgIpc) is 3.27. The maximum absolute atomic E-state index is 11.9. The number of thiazole rings is 1. The highest BCUT2D eigenvalue weighted by atomic mass is 32.1. The molecule has 3 rings (SSSR count). The molecule has 2 N–H and O–H groups in total. The van der Waals surface area contributed by atoms with E-state index in [0.29, 0.717) is 13.1 Å². The lowest BCUT2D eigenvalue weighted by molar-refractivity contribution is 0.203. The van der Waals surface area contributed by atoms with E-state index in [-0.39, 0.29) is 12.1 Å². The molecule has 0 aromatic carbocycles. The predicted octanol–water partition coefficient (Wildman–Crippen LogP) is 2.37. The normalized spacial score (nSPS) is 16.5. The van der Waals surface area contributed by atoms with Crippen LogP contribution in [-0.2, 0) is 6.54 Å². The fourth-order valence-corrected chi connectivity index (χ4v) is 3.25. The number of rotatable bonds is 6. The number of nitrogens with zero attached hydrogens (tertiary/aromatic N) is 2. The van der Waals surface area contributed by atoms with Crippen LogP contribution in [0.1, 0.15) is 30.3 Å². The van der Waals surface area contributed by atoms with Gasteiger partial charge in [-0.3, -0.25) is 4.90 Å². The fraction of sp³-hybridized carbons (Fsp3) is 0.467. The largest absolute Gasteiger partial charge is 0.468 e. The number of likely N-dealkylation sites (tertiary alicyclic amines) is 1. The van der Waals surface area contributed by atoms with Crippen molar-refractivity contribution >= 4 is 17.4 Å². The minimum Gasteiger partial charge on any atom is -0.468 e. The molecular formula is C15H20N4O2S. The van der Waals surface area contributed by atoms with Crippen molar-refractivity contribution in [3.8, 4) is 0 Å². The molecule has 2 aromatic heterocycles. The third-order valence-electron chi connectivity index (χ3n) is 3.82. The highest BCUT2D eigenvalue weighted by Gasteiger charge is 2.25. The molecule has 0 aliphatic carbocycles. The Kier molecular flexibility index (Phi) is 5.07. The molecule has 1 aliphatic heterocycles. The molecule has 2 aromatic rings. The first-order valence-corrected chi connectivity index (χ1v) is 8.43. The van der Waals surface area contributed by atoms with Crippen LogP contribution in [0, 0.1) is 0 Å². The summed E-state index contributed by atoms with van der Waals surface area (Å²) in [5.41, 5.74) is 2.64. The van der Waals surface area contributed by atoms with Crippen LogP contribution in [0.2, 0.25) is 0 Å². The summed E-state index contributed by atoms with van der Waals surface area (Å²) in [5, 5.41) is 7.68. The Balaban J connectivity index is 1.51. The van der Waals surface area contributed by atoms with Gasteiger partial charge in [0.25, 0.3) is 0 Å². The Morgan fingerprint density at radius 3 is 2.95 bits per heavy atom. The van der Waals surface area contributed by atoms with Crippen molar-refractivity contribution in [1.82, 2.24) is 20.5 Å². The summed E-state index contributed by atoms with van der Waals surface area (Å²) in [5.74, 6) is 0.904. The van der Waals surface area contributed by atoms with Gasteiger partial charge in [-0.1, -0.05) is 0 Å². The summed E-state index contributed by atoms with van der Waals surface area (Å²) < 4.78 is 5.54. The topological polar surface area (TPSA) is 70.4 Å². The summed E-state index contributed by atoms with van der Waals surface area (Å²) in [6, 6.07) is 3.78. The molecule has 1 saturated heterocycles. The quantitative estimate of drug-likeness (QED) is 0.857. The van der Waals surface area contributed by atoms with Crippen LogP contribution in [0.5, 0.6) is 0 Å². The van der Waals surface area contributed by atoms with Gasteiger partial charge < -0.3 is 15.1 Å². The van der Waals surface area contributed by atoms with E-state index in [1.807, 2.05) is 17.5 Å². The molecule has 6 nitrogen and oxygen atoms in total. The van der Waals surface area contributed by atoms with E-state index in [0.717, 1.165) is 24.5 Å². The molecule has 0 radical (unpaired) electrons. The molecule has 0 bridgehead atoms. The Hall–Kier alpha value is -1.86. The molecule has 2 amide bonds. The van der Waals surface area contributed by atoms with Gasteiger partial charge in [0.1, 0.15) is 5.76 Å². The number of carbonyl (C=O) groups is 1. The van der Waals surface area contributed by atoms with Gasteiger partial charge in [-0.2, -0.15) is 0 Å². The van der Waals surface area contributed by atoms with Crippen molar-refractivity contribution < 1.29 is 9.21 Å². The Morgan fingerprint density at radius 1 is 1.41 bits per heavy atom. The van der Waals surface area contributed by atoms with Crippen LogP contribution < -0.4 is 10.6 Å². The smallest absolute Gasteiger partial charge is 0.315 e. The summed E-state index contributed by atoms with van der Waals surface area (Å²) in [4.78, 5) is 18.4. The molecular weight excluding hydrogens is 300 g/mol. The highest BCUT2D eigenvalue weighted by Crippen LogP contribution is 2.24. The minimum absolute atomic E-state index is 0.0996. The first kappa shape index (κ1) is 15.1. The second kappa shape index (κ2) is 7.42. The fourth-order valence-electron chi connectivity index (χ4n) is 2.69. The van der Waals surface area contributed by atoms with Crippen molar-refractivity contribution in [2.24, 2.45) is 0 Å². The van der Waals surface area contributed by atoms with E-state index in [9.17, 15) is 4.79 Å². The Labute approximate surface area is 133 Å². The van der Waals surface area contributed by atoms with Gasteiger partial charge in [0.05, 0.1) is 30.1 Å². The van der Waals surface area contributed by atoms with Crippen LogP contribution in [0.15, 0.2) is 33.7 Å². The highest BCUT2D eigenvalue weighted by molar-refractivity contribution is 7.07. The third-order valence-corrected chi connectivity index (χ3v) is 4.46. The van der Waals surface area contributed by atoms with Crippen molar-refractivity contribution in [3.63, 3.8) is 0 Å². The molecule has 3 heterocycles. The summed E-state index contributed by atoms with van der Waals surface area (Å²) in [6.45, 7) is 3.09. The number of hydrogen-bond acceptors (Lipinski definition) is 5. The van der Waals surface area contributed by atoms with Gasteiger partial charge in [-0.25, -0.2) is 9.78 Å². The van der Waals surface area contributed by atoms with Gasteiger partial charge in [-0.15, -0.1) is 11.3 Å². The molecule has 1 fully saturated rings. The SMILES string of the molecule is O=C(NCc1cscn1)NCC(c1ccco1)N1CCCC1. The second-order valence-corrected chi connectivity index (χ2v) is 6.04. The van der Waals surface area contributed by atoms with E-state index >= 15 is 0 Å². The van der Waals surface area contributed by atoms with E-state index in [4.69, 9.17) is 4.42 Å². The summed E-state index contributed by atoms with van der Waals surface area (Å²) >= 11 is 1.52. The van der Waals surface area contributed by atoms with Crippen molar-refractivity contribution in [3.05, 3.63) is 40.7 Å². The lowest BCUT2D eigenvalue weighted by Crippen LogP contribution is -2.41.